The smallest absolute Gasteiger partial charge is 0.258 e. The van der Waals surface area contributed by atoms with E-state index in [0.29, 0.717) is 18.4 Å². The maximum Gasteiger partial charge on any atom is 0.258 e. The summed E-state index contributed by atoms with van der Waals surface area (Å²) < 4.78 is 5.59. The summed E-state index contributed by atoms with van der Waals surface area (Å²) in [6.45, 7) is 11.1. The molecule has 24 heavy (non-hydrogen) atoms. The van der Waals surface area contributed by atoms with Gasteiger partial charge in [-0.25, -0.2) is 4.98 Å². The lowest BCUT2D eigenvalue weighted by Gasteiger charge is -2.12. The number of hydrogen-bond acceptors (Lipinski definition) is 4. The highest BCUT2D eigenvalue weighted by Crippen LogP contribution is 2.23. The molecule has 0 aliphatic heterocycles. The Balaban J connectivity index is 1.81. The van der Waals surface area contributed by atoms with E-state index in [0.717, 1.165) is 16.5 Å². The van der Waals surface area contributed by atoms with Gasteiger partial charge in [-0.1, -0.05) is 33.8 Å². The van der Waals surface area contributed by atoms with Crippen molar-refractivity contribution < 1.29 is 9.53 Å². The van der Waals surface area contributed by atoms with E-state index in [-0.39, 0.29) is 12.5 Å². The molecule has 2 rings (SSSR count). The van der Waals surface area contributed by atoms with Crippen LogP contribution in [-0.2, 0) is 11.3 Å². The van der Waals surface area contributed by atoms with Gasteiger partial charge in [0.15, 0.2) is 6.61 Å². The van der Waals surface area contributed by atoms with E-state index in [2.05, 4.69) is 51.0 Å². The van der Waals surface area contributed by atoms with E-state index < -0.39 is 0 Å². The first-order valence-electron chi connectivity index (χ1n) is 8.31. The first-order chi connectivity index (χ1) is 11.4. The van der Waals surface area contributed by atoms with Crippen LogP contribution in [-0.4, -0.2) is 17.5 Å². The van der Waals surface area contributed by atoms with Crippen LogP contribution in [0.25, 0.3) is 0 Å². The van der Waals surface area contributed by atoms with E-state index >= 15 is 0 Å². The largest absolute Gasteiger partial charge is 0.484 e. The third-order valence-corrected chi connectivity index (χ3v) is 4.96. The second-order valence-electron chi connectivity index (χ2n) is 6.57. The molecule has 0 fully saturated rings. The van der Waals surface area contributed by atoms with Crippen molar-refractivity contribution in [3.8, 4) is 5.75 Å². The van der Waals surface area contributed by atoms with Crippen molar-refractivity contribution >= 4 is 17.2 Å². The van der Waals surface area contributed by atoms with Crippen LogP contribution >= 0.6 is 11.3 Å². The zero-order valence-corrected chi connectivity index (χ0v) is 15.9. The monoisotopic (exact) mass is 346 g/mol. The van der Waals surface area contributed by atoms with Gasteiger partial charge in [0.05, 0.1) is 17.2 Å². The van der Waals surface area contributed by atoms with E-state index in [1.807, 2.05) is 17.5 Å². The number of aryl methyl sites for hydroxylation is 1. The molecule has 5 heteroatoms. The molecule has 1 aromatic carbocycles. The van der Waals surface area contributed by atoms with Crippen LogP contribution in [0.3, 0.4) is 0 Å². The van der Waals surface area contributed by atoms with Crippen molar-refractivity contribution in [2.75, 3.05) is 6.61 Å². The molecule has 4 nitrogen and oxygen atoms in total. The first-order valence-corrected chi connectivity index (χ1v) is 9.19. The van der Waals surface area contributed by atoms with E-state index in [1.165, 1.54) is 11.1 Å². The summed E-state index contributed by atoms with van der Waals surface area (Å²) in [7, 11) is 0. The number of amides is 1. The third-order valence-electron chi connectivity index (χ3n) is 3.76. The molecule has 0 bridgehead atoms. The summed E-state index contributed by atoms with van der Waals surface area (Å²) in [6, 6.07) is 5.97. The minimum Gasteiger partial charge on any atom is -0.484 e. The Morgan fingerprint density at radius 3 is 2.58 bits per heavy atom. The third kappa shape index (κ3) is 5.06. The summed E-state index contributed by atoms with van der Waals surface area (Å²) in [6.07, 6.45) is 0. The number of hydrogen-bond donors (Lipinski definition) is 1. The lowest BCUT2D eigenvalue weighted by atomic mass is 9.98. The van der Waals surface area contributed by atoms with Crippen molar-refractivity contribution in [2.24, 2.45) is 0 Å². The molecule has 1 heterocycles. The zero-order valence-electron chi connectivity index (χ0n) is 15.1. The van der Waals surface area contributed by atoms with Gasteiger partial charge in [0, 0.05) is 11.3 Å². The topological polar surface area (TPSA) is 51.2 Å². The van der Waals surface area contributed by atoms with Crippen LogP contribution in [0.5, 0.6) is 5.75 Å². The first kappa shape index (κ1) is 18.5. The quantitative estimate of drug-likeness (QED) is 0.809. The number of ether oxygens (including phenoxy) is 1. The van der Waals surface area contributed by atoms with E-state index in [4.69, 9.17) is 4.74 Å². The summed E-state index contributed by atoms with van der Waals surface area (Å²) in [5.74, 6) is 1.48. The fourth-order valence-corrected chi connectivity index (χ4v) is 3.28. The number of thiazole rings is 1. The fraction of sp³-hybridized carbons (Fsp3) is 0.474. The number of benzene rings is 1. The van der Waals surface area contributed by atoms with E-state index in [9.17, 15) is 4.79 Å². The van der Waals surface area contributed by atoms with Crippen LogP contribution in [0.2, 0.25) is 0 Å². The molecule has 0 saturated heterocycles. The van der Waals surface area contributed by atoms with Gasteiger partial charge in [0.25, 0.3) is 5.91 Å². The fourth-order valence-electron chi connectivity index (χ4n) is 2.44. The molecule has 0 atom stereocenters. The van der Waals surface area contributed by atoms with E-state index in [1.54, 1.807) is 11.3 Å². The summed E-state index contributed by atoms with van der Waals surface area (Å²) in [5, 5.41) is 5.93. The molecule has 130 valence electrons. The Bertz CT molecular complexity index is 692. The highest BCUT2D eigenvalue weighted by Gasteiger charge is 2.09. The predicted octanol–water partition coefficient (Wildman–Crippen LogP) is 4.39. The zero-order chi connectivity index (χ0) is 17.7. The molecule has 0 unspecified atom stereocenters. The maximum absolute atomic E-state index is 11.9. The molecule has 0 aliphatic rings. The number of nitrogens with zero attached hydrogens (tertiary/aromatic N) is 1. The SMILES string of the molecule is Cc1cc(OCC(=O)NCc2csc(C(C)C)n2)ccc1C(C)C. The lowest BCUT2D eigenvalue weighted by molar-refractivity contribution is -0.123. The van der Waals surface area contributed by atoms with Crippen LogP contribution in [0.15, 0.2) is 23.6 Å². The summed E-state index contributed by atoms with van der Waals surface area (Å²) in [4.78, 5) is 16.4. The second kappa shape index (κ2) is 8.29. The van der Waals surface area contributed by atoms with Gasteiger partial charge in [-0.2, -0.15) is 0 Å². The van der Waals surface area contributed by atoms with Gasteiger partial charge in [0.1, 0.15) is 5.75 Å². The Kier molecular flexibility index (Phi) is 6.37. The molecular weight excluding hydrogens is 320 g/mol. The van der Waals surface area contributed by atoms with Gasteiger partial charge in [-0.3, -0.25) is 4.79 Å². The molecule has 1 N–H and O–H groups in total. The van der Waals surface area contributed by atoms with Crippen LogP contribution in [0, 0.1) is 6.92 Å². The predicted molar refractivity (Wildman–Crippen MR) is 98.8 cm³/mol. The molecule has 1 amide bonds. The molecule has 1 aromatic heterocycles. The summed E-state index contributed by atoms with van der Waals surface area (Å²) in [5.41, 5.74) is 3.39. The lowest BCUT2D eigenvalue weighted by Crippen LogP contribution is -2.28. The van der Waals surface area contributed by atoms with Crippen molar-refractivity contribution in [1.29, 1.82) is 0 Å². The Hall–Kier alpha value is -1.88. The van der Waals surface area contributed by atoms with Crippen LogP contribution in [0.1, 0.15) is 61.4 Å². The van der Waals surface area contributed by atoms with Gasteiger partial charge < -0.3 is 10.1 Å². The molecular formula is C19H26N2O2S. The van der Waals surface area contributed by atoms with Crippen molar-refractivity contribution in [3.63, 3.8) is 0 Å². The van der Waals surface area contributed by atoms with Gasteiger partial charge in [-0.05, 0) is 36.1 Å². The minimum absolute atomic E-state index is 0.0155. The normalized spacial score (nSPS) is 11.1. The molecule has 0 radical (unpaired) electrons. The number of carbonyl (C=O) groups excluding carboxylic acids is 1. The maximum atomic E-state index is 11.9. The Labute approximate surface area is 148 Å². The number of rotatable bonds is 7. The van der Waals surface area contributed by atoms with Crippen molar-refractivity contribution in [1.82, 2.24) is 10.3 Å². The number of aromatic nitrogens is 1. The average Bonchev–Trinajstić information content (AvgIpc) is 3.00. The Morgan fingerprint density at radius 1 is 1.25 bits per heavy atom. The second-order valence-corrected chi connectivity index (χ2v) is 7.46. The van der Waals surface area contributed by atoms with Gasteiger partial charge in [0.2, 0.25) is 0 Å². The van der Waals surface area contributed by atoms with Crippen LogP contribution in [0.4, 0.5) is 0 Å². The van der Waals surface area contributed by atoms with Crippen molar-refractivity contribution in [3.05, 3.63) is 45.4 Å². The standard InChI is InChI=1S/C19H26N2O2S/c1-12(2)17-7-6-16(8-14(17)5)23-10-18(22)20-9-15-11-24-19(21-15)13(3)4/h6-8,11-13H,9-10H2,1-5H3,(H,20,22). The molecule has 0 aliphatic carbocycles. The Morgan fingerprint density at radius 2 is 2.00 bits per heavy atom. The van der Waals surface area contributed by atoms with Gasteiger partial charge in [-0.15, -0.1) is 11.3 Å². The highest BCUT2D eigenvalue weighted by molar-refractivity contribution is 7.09. The summed E-state index contributed by atoms with van der Waals surface area (Å²) >= 11 is 1.63. The van der Waals surface area contributed by atoms with Crippen LogP contribution < -0.4 is 10.1 Å². The average molecular weight is 346 g/mol. The highest BCUT2D eigenvalue weighted by atomic mass is 32.1. The molecule has 0 saturated carbocycles. The van der Waals surface area contributed by atoms with Gasteiger partial charge >= 0.3 is 0 Å². The number of carbonyl (C=O) groups is 1. The van der Waals surface area contributed by atoms with Crippen molar-refractivity contribution in [2.45, 2.75) is 53.0 Å². The molecule has 2 aromatic rings. The number of nitrogens with one attached hydrogen (secondary N) is 1. The molecule has 0 spiro atoms. The minimum atomic E-state index is -0.139.